The van der Waals surface area contributed by atoms with Crippen molar-refractivity contribution in [3.8, 4) is 11.8 Å². The van der Waals surface area contributed by atoms with Gasteiger partial charge in [0.05, 0.1) is 5.02 Å². The maximum Gasteiger partial charge on any atom is 0.174 e. The summed E-state index contributed by atoms with van der Waals surface area (Å²) >= 11 is 6.05. The monoisotopic (exact) mass is 232 g/mol. The quantitative estimate of drug-likeness (QED) is 0.799. The molecule has 1 aromatic carbocycles. The first-order chi connectivity index (χ1) is 7.72. The van der Waals surface area contributed by atoms with Gasteiger partial charge in [-0.2, -0.15) is 5.26 Å². The molecule has 16 heavy (non-hydrogen) atoms. The number of benzene rings is 1. The highest BCUT2D eigenvalue weighted by atomic mass is 35.5. The SMILES string of the molecule is Cc1ccc2c(Cl)ccc(OCC#N)c2n1. The second-order valence-electron chi connectivity index (χ2n) is 3.34. The fourth-order valence-corrected chi connectivity index (χ4v) is 1.70. The van der Waals surface area contributed by atoms with Crippen LogP contribution in [0.1, 0.15) is 5.69 Å². The van der Waals surface area contributed by atoms with Gasteiger partial charge >= 0.3 is 0 Å². The van der Waals surface area contributed by atoms with Crippen molar-refractivity contribution in [2.24, 2.45) is 0 Å². The van der Waals surface area contributed by atoms with Gasteiger partial charge < -0.3 is 4.74 Å². The highest BCUT2D eigenvalue weighted by Crippen LogP contribution is 2.30. The predicted octanol–water partition coefficient (Wildman–Crippen LogP) is 3.10. The third kappa shape index (κ3) is 1.93. The number of hydrogen-bond acceptors (Lipinski definition) is 3. The summed E-state index contributed by atoms with van der Waals surface area (Å²) in [6.07, 6.45) is 0. The van der Waals surface area contributed by atoms with Crippen LogP contribution in [0.2, 0.25) is 5.02 Å². The van der Waals surface area contributed by atoms with E-state index in [-0.39, 0.29) is 6.61 Å². The number of halogens is 1. The standard InChI is InChI=1S/C12H9ClN2O/c1-8-2-3-9-10(13)4-5-11(12(9)15-8)16-7-6-14/h2-5H,7H2,1H3. The van der Waals surface area contributed by atoms with Gasteiger partial charge in [-0.1, -0.05) is 11.6 Å². The summed E-state index contributed by atoms with van der Waals surface area (Å²) in [6.45, 7) is 1.90. The van der Waals surface area contributed by atoms with Crippen molar-refractivity contribution in [3.63, 3.8) is 0 Å². The molecule has 0 amide bonds. The lowest BCUT2D eigenvalue weighted by Gasteiger charge is -2.07. The van der Waals surface area contributed by atoms with Crippen molar-refractivity contribution < 1.29 is 4.74 Å². The second kappa shape index (κ2) is 4.38. The molecule has 0 atom stereocenters. The summed E-state index contributed by atoms with van der Waals surface area (Å²) in [5, 5.41) is 9.95. The maximum atomic E-state index is 8.49. The van der Waals surface area contributed by atoms with Crippen LogP contribution in [0, 0.1) is 18.3 Å². The first kappa shape index (κ1) is 10.7. The zero-order valence-electron chi connectivity index (χ0n) is 8.70. The number of rotatable bonds is 2. The van der Waals surface area contributed by atoms with E-state index in [1.807, 2.05) is 25.1 Å². The van der Waals surface area contributed by atoms with Gasteiger partial charge in [-0.3, -0.25) is 0 Å². The fraction of sp³-hybridized carbons (Fsp3) is 0.167. The maximum absolute atomic E-state index is 8.49. The first-order valence-corrected chi connectivity index (χ1v) is 5.16. The van der Waals surface area contributed by atoms with Crippen molar-refractivity contribution in [3.05, 3.63) is 35.0 Å². The number of ether oxygens (including phenoxy) is 1. The zero-order chi connectivity index (χ0) is 11.5. The van der Waals surface area contributed by atoms with E-state index in [1.165, 1.54) is 0 Å². The molecule has 0 N–H and O–H groups in total. The molecule has 0 aliphatic carbocycles. The summed E-state index contributed by atoms with van der Waals surface area (Å²) < 4.78 is 5.30. The molecule has 2 rings (SSSR count). The van der Waals surface area contributed by atoms with E-state index in [1.54, 1.807) is 12.1 Å². The van der Waals surface area contributed by atoms with Gasteiger partial charge in [0.2, 0.25) is 0 Å². The van der Waals surface area contributed by atoms with Gasteiger partial charge in [-0.05, 0) is 31.2 Å². The van der Waals surface area contributed by atoms with Crippen LogP contribution in [0.5, 0.6) is 5.75 Å². The molecule has 1 heterocycles. The van der Waals surface area contributed by atoms with Crippen molar-refractivity contribution in [2.75, 3.05) is 6.61 Å². The third-order valence-corrected chi connectivity index (χ3v) is 2.53. The number of nitriles is 1. The molecule has 4 heteroatoms. The Balaban J connectivity index is 2.62. The van der Waals surface area contributed by atoms with Crippen LogP contribution in [-0.2, 0) is 0 Å². The third-order valence-electron chi connectivity index (χ3n) is 2.20. The van der Waals surface area contributed by atoms with E-state index in [2.05, 4.69) is 4.98 Å². The van der Waals surface area contributed by atoms with Crippen LogP contribution in [0.25, 0.3) is 10.9 Å². The Morgan fingerprint density at radius 2 is 2.19 bits per heavy atom. The lowest BCUT2D eigenvalue weighted by atomic mass is 10.2. The molecule has 3 nitrogen and oxygen atoms in total. The van der Waals surface area contributed by atoms with Gasteiger partial charge in [0.1, 0.15) is 17.3 Å². The van der Waals surface area contributed by atoms with E-state index in [0.29, 0.717) is 16.3 Å². The molecule has 2 aromatic rings. The van der Waals surface area contributed by atoms with Crippen molar-refractivity contribution >= 4 is 22.5 Å². The molecule has 0 fully saturated rings. The number of aromatic nitrogens is 1. The average molecular weight is 233 g/mol. The average Bonchev–Trinajstić information content (AvgIpc) is 2.28. The Hall–Kier alpha value is -1.79. The van der Waals surface area contributed by atoms with Gasteiger partial charge in [0.25, 0.3) is 0 Å². The lowest BCUT2D eigenvalue weighted by molar-refractivity contribution is 0.372. The summed E-state index contributed by atoms with van der Waals surface area (Å²) in [5.74, 6) is 0.588. The highest BCUT2D eigenvalue weighted by molar-refractivity contribution is 6.35. The minimum Gasteiger partial charge on any atom is -0.476 e. The predicted molar refractivity (Wildman–Crippen MR) is 62.6 cm³/mol. The Kier molecular flexibility index (Phi) is 2.93. The van der Waals surface area contributed by atoms with Crippen LogP contribution in [0.4, 0.5) is 0 Å². The Morgan fingerprint density at radius 3 is 2.94 bits per heavy atom. The first-order valence-electron chi connectivity index (χ1n) is 4.78. The minimum atomic E-state index is 0.00630. The molecule has 0 aliphatic rings. The number of pyridine rings is 1. The second-order valence-corrected chi connectivity index (χ2v) is 3.75. The fourth-order valence-electron chi connectivity index (χ4n) is 1.48. The van der Waals surface area contributed by atoms with Gasteiger partial charge in [0.15, 0.2) is 6.61 Å². The van der Waals surface area contributed by atoms with E-state index < -0.39 is 0 Å². The molecule has 0 aliphatic heterocycles. The Morgan fingerprint density at radius 1 is 1.38 bits per heavy atom. The normalized spacial score (nSPS) is 10.1. The van der Waals surface area contributed by atoms with Crippen LogP contribution in [0.15, 0.2) is 24.3 Å². The molecule has 0 radical (unpaired) electrons. The van der Waals surface area contributed by atoms with Crippen molar-refractivity contribution in [2.45, 2.75) is 6.92 Å². The highest BCUT2D eigenvalue weighted by Gasteiger charge is 2.07. The van der Waals surface area contributed by atoms with Crippen LogP contribution < -0.4 is 4.74 Å². The summed E-state index contributed by atoms with van der Waals surface area (Å²) in [6, 6.07) is 9.19. The van der Waals surface area contributed by atoms with E-state index >= 15 is 0 Å². The largest absolute Gasteiger partial charge is 0.476 e. The molecule has 80 valence electrons. The number of fused-ring (bicyclic) bond motifs is 1. The molecule has 0 bridgehead atoms. The minimum absolute atomic E-state index is 0.00630. The number of nitrogens with zero attached hydrogens (tertiary/aromatic N) is 2. The van der Waals surface area contributed by atoms with Gasteiger partial charge in [-0.15, -0.1) is 0 Å². The lowest BCUT2D eigenvalue weighted by Crippen LogP contribution is -1.96. The molecule has 0 spiro atoms. The smallest absolute Gasteiger partial charge is 0.174 e. The van der Waals surface area contributed by atoms with Crippen LogP contribution in [-0.4, -0.2) is 11.6 Å². The zero-order valence-corrected chi connectivity index (χ0v) is 9.45. The molecule has 0 saturated carbocycles. The van der Waals surface area contributed by atoms with Crippen molar-refractivity contribution in [1.82, 2.24) is 4.98 Å². The Labute approximate surface area is 98.2 Å². The topological polar surface area (TPSA) is 45.9 Å². The summed E-state index contributed by atoms with van der Waals surface area (Å²) in [7, 11) is 0. The van der Waals surface area contributed by atoms with Crippen LogP contribution >= 0.6 is 11.6 Å². The van der Waals surface area contributed by atoms with E-state index in [0.717, 1.165) is 11.1 Å². The van der Waals surface area contributed by atoms with E-state index in [9.17, 15) is 0 Å². The molecule has 1 aromatic heterocycles. The van der Waals surface area contributed by atoms with E-state index in [4.69, 9.17) is 21.6 Å². The molecular weight excluding hydrogens is 224 g/mol. The molecule has 0 unspecified atom stereocenters. The number of hydrogen-bond donors (Lipinski definition) is 0. The summed E-state index contributed by atoms with van der Waals surface area (Å²) in [4.78, 5) is 4.37. The number of aryl methyl sites for hydroxylation is 1. The van der Waals surface area contributed by atoms with Gasteiger partial charge in [0, 0.05) is 11.1 Å². The van der Waals surface area contributed by atoms with Gasteiger partial charge in [-0.25, -0.2) is 4.98 Å². The molecule has 0 saturated heterocycles. The summed E-state index contributed by atoms with van der Waals surface area (Å²) in [5.41, 5.74) is 1.58. The van der Waals surface area contributed by atoms with Crippen molar-refractivity contribution in [1.29, 1.82) is 5.26 Å². The molecular formula is C12H9ClN2O. The van der Waals surface area contributed by atoms with Crippen LogP contribution in [0.3, 0.4) is 0 Å². The Bertz CT molecular complexity index is 575.